The first kappa shape index (κ1) is 31.7. The number of nitrogens with zero attached hydrogens (tertiary/aromatic N) is 5. The number of carbonyl (C=O) groups is 3. The van der Waals surface area contributed by atoms with Crippen LogP contribution in [0.15, 0.2) is 46.3 Å². The van der Waals surface area contributed by atoms with Crippen LogP contribution in [-0.4, -0.2) is 102 Å². The van der Waals surface area contributed by atoms with Gasteiger partial charge in [-0.2, -0.15) is 0 Å². The van der Waals surface area contributed by atoms with Gasteiger partial charge in [0.05, 0.1) is 18.8 Å². The highest BCUT2D eigenvalue weighted by atomic mass is 19.1. The zero-order valence-corrected chi connectivity index (χ0v) is 25.6. The topological polar surface area (TPSA) is 110 Å². The van der Waals surface area contributed by atoms with Crippen molar-refractivity contribution < 1.29 is 23.2 Å². The van der Waals surface area contributed by atoms with Gasteiger partial charge < -0.3 is 25.3 Å². The summed E-state index contributed by atoms with van der Waals surface area (Å²) >= 11 is 0. The lowest BCUT2D eigenvalue weighted by Gasteiger charge is -2.37. The Balaban J connectivity index is 1.34. The maximum absolute atomic E-state index is 14.2. The summed E-state index contributed by atoms with van der Waals surface area (Å²) in [6.07, 6.45) is 9.37. The molecule has 2 fully saturated rings. The Morgan fingerprint density at radius 3 is 2.55 bits per heavy atom. The van der Waals surface area contributed by atoms with Crippen LogP contribution in [-0.2, 0) is 20.8 Å². The number of rotatable bonds is 11. The largest absolute Gasteiger partial charge is 0.343 e. The third kappa shape index (κ3) is 7.51. The number of hydrogen-bond acceptors (Lipinski definition) is 7. The molecule has 3 aliphatic heterocycles. The van der Waals surface area contributed by atoms with Crippen molar-refractivity contribution in [3.63, 3.8) is 0 Å². The molecule has 1 saturated heterocycles. The molecule has 238 valence electrons. The Morgan fingerprint density at radius 1 is 1.07 bits per heavy atom. The summed E-state index contributed by atoms with van der Waals surface area (Å²) in [5.41, 5.74) is 0.882. The summed E-state index contributed by atoms with van der Waals surface area (Å²) in [5.74, 6) is -0.982. The first-order valence-electron chi connectivity index (χ1n) is 15.8. The molecule has 2 N–H and O–H groups in total. The first-order chi connectivity index (χ1) is 21.2. The van der Waals surface area contributed by atoms with Gasteiger partial charge in [0.25, 0.3) is 0 Å². The van der Waals surface area contributed by atoms with E-state index in [1.807, 2.05) is 4.90 Å². The number of hydrogen-bond donors (Lipinski definition) is 2. The number of fused-ring (bicyclic) bond motifs is 1. The molecular formula is C32H43F2N7O3. The van der Waals surface area contributed by atoms with Gasteiger partial charge in [-0.05, 0) is 69.7 Å². The van der Waals surface area contributed by atoms with Gasteiger partial charge in [-0.15, -0.1) is 0 Å². The van der Waals surface area contributed by atoms with Crippen LogP contribution in [0.1, 0.15) is 57.4 Å². The van der Waals surface area contributed by atoms with Crippen molar-refractivity contribution >= 4 is 29.9 Å². The third-order valence-corrected chi connectivity index (χ3v) is 9.26. The van der Waals surface area contributed by atoms with Gasteiger partial charge in [-0.1, -0.05) is 31.4 Å². The van der Waals surface area contributed by atoms with Gasteiger partial charge in [0.15, 0.2) is 11.9 Å². The number of allylic oxidation sites excluding steroid dienone is 1. The maximum Gasteiger partial charge on any atom is 0.249 e. The Hall–Kier alpha value is -3.67. The van der Waals surface area contributed by atoms with Crippen molar-refractivity contribution in [2.45, 2.75) is 82.5 Å². The Morgan fingerprint density at radius 2 is 1.82 bits per heavy atom. The van der Waals surface area contributed by atoms with Gasteiger partial charge in [-0.3, -0.25) is 14.4 Å². The molecule has 4 aliphatic rings. The third-order valence-electron chi connectivity index (χ3n) is 9.26. The monoisotopic (exact) mass is 611 g/mol. The van der Waals surface area contributed by atoms with Crippen LogP contribution in [0.25, 0.3) is 0 Å². The molecule has 44 heavy (non-hydrogen) atoms. The molecule has 0 spiro atoms. The minimum Gasteiger partial charge on any atom is -0.343 e. The zero-order chi connectivity index (χ0) is 31.2. The summed E-state index contributed by atoms with van der Waals surface area (Å²) in [6.45, 7) is 3.16. The highest BCUT2D eigenvalue weighted by molar-refractivity contribution is 5.99. The predicted octanol–water partition coefficient (Wildman–Crippen LogP) is 2.80. The molecule has 4 atom stereocenters. The summed E-state index contributed by atoms with van der Waals surface area (Å²) in [4.78, 5) is 54.7. The summed E-state index contributed by atoms with van der Waals surface area (Å²) in [7, 11) is 1.72. The number of halogens is 2. The van der Waals surface area contributed by atoms with Gasteiger partial charge in [0.2, 0.25) is 23.7 Å². The van der Waals surface area contributed by atoms with Gasteiger partial charge in [0.1, 0.15) is 11.9 Å². The maximum atomic E-state index is 14.2. The summed E-state index contributed by atoms with van der Waals surface area (Å²) in [6, 6.07) is 4.16. The first-order valence-corrected chi connectivity index (χ1v) is 15.8. The number of benzene rings is 1. The lowest BCUT2D eigenvalue weighted by Crippen LogP contribution is -2.58. The molecular weight excluding hydrogens is 568 g/mol. The second kappa shape index (κ2) is 14.4. The Labute approximate surface area is 257 Å². The molecule has 0 radical (unpaired) electrons. The number of likely N-dealkylation sites (N-methyl/N-ethyl adjacent to an activating group) is 1. The van der Waals surface area contributed by atoms with E-state index >= 15 is 0 Å². The highest BCUT2D eigenvalue weighted by Crippen LogP contribution is 2.30. The smallest absolute Gasteiger partial charge is 0.249 e. The van der Waals surface area contributed by atoms with Crippen LogP contribution in [0.3, 0.4) is 0 Å². The zero-order valence-electron chi connectivity index (χ0n) is 25.6. The quantitative estimate of drug-likeness (QED) is 0.400. The lowest BCUT2D eigenvalue weighted by atomic mass is 9.83. The van der Waals surface area contributed by atoms with E-state index in [1.54, 1.807) is 31.0 Å². The molecule has 1 saturated carbocycles. The van der Waals surface area contributed by atoms with Gasteiger partial charge >= 0.3 is 0 Å². The van der Waals surface area contributed by atoms with Crippen LogP contribution in [0.5, 0.6) is 0 Å². The van der Waals surface area contributed by atoms with Crippen molar-refractivity contribution in [1.29, 1.82) is 0 Å². The normalized spacial score (nSPS) is 23.1. The van der Waals surface area contributed by atoms with Crippen LogP contribution in [0.2, 0.25) is 0 Å². The number of amides is 3. The highest BCUT2D eigenvalue weighted by Gasteiger charge is 2.41. The molecule has 3 heterocycles. The Kier molecular flexibility index (Phi) is 10.4. The van der Waals surface area contributed by atoms with E-state index in [4.69, 9.17) is 0 Å². The van der Waals surface area contributed by atoms with Crippen molar-refractivity contribution in [1.82, 2.24) is 25.3 Å². The number of nitrogens with one attached hydrogen (secondary N) is 2. The molecule has 0 bridgehead atoms. The van der Waals surface area contributed by atoms with Crippen LogP contribution >= 0.6 is 0 Å². The Bertz CT molecular complexity index is 1300. The van der Waals surface area contributed by atoms with E-state index in [0.29, 0.717) is 32.0 Å². The lowest BCUT2D eigenvalue weighted by molar-refractivity contribution is -0.141. The van der Waals surface area contributed by atoms with E-state index in [1.165, 1.54) is 23.2 Å². The van der Waals surface area contributed by atoms with Crippen LogP contribution in [0.4, 0.5) is 8.78 Å². The molecule has 5 rings (SSSR count). The summed E-state index contributed by atoms with van der Waals surface area (Å²) in [5, 5.41) is 6.02. The molecule has 1 aliphatic carbocycles. The van der Waals surface area contributed by atoms with E-state index < -0.39 is 24.0 Å². The SMILES string of the molecule is CN[C@@H](C)C(=O)N[C@H](C(=O)N1CCC[C@H]1CN(CCc1ccc(F)cc1)C(=O)C1CN2C=C(F)C=NC2=N1)C1CCCCC1. The molecule has 1 unspecified atom stereocenters. The minimum atomic E-state index is -0.764. The second-order valence-electron chi connectivity index (χ2n) is 12.3. The number of likely N-dealkylation sites (tertiary alicyclic amines) is 1. The fourth-order valence-corrected chi connectivity index (χ4v) is 6.60. The van der Waals surface area contributed by atoms with Crippen LogP contribution < -0.4 is 10.6 Å². The minimum absolute atomic E-state index is 0.0717. The van der Waals surface area contributed by atoms with E-state index in [2.05, 4.69) is 20.6 Å². The van der Waals surface area contributed by atoms with Crippen molar-refractivity contribution in [2.75, 3.05) is 33.2 Å². The van der Waals surface area contributed by atoms with E-state index in [-0.39, 0.29) is 42.0 Å². The predicted molar refractivity (Wildman–Crippen MR) is 164 cm³/mol. The van der Waals surface area contributed by atoms with Crippen LogP contribution in [0, 0.1) is 11.7 Å². The number of carbonyl (C=O) groups excluding carboxylic acids is 3. The standard InChI is InChI=1S/C32H43F2N7O3/c1-21(35-2)29(42)38-28(23-7-4-3-5-8-23)31(44)41-15-6-9-26(41)19-39(16-14-22-10-12-24(33)13-11-22)30(43)27-20-40-18-25(34)17-36-32(40)37-27/h10-13,17-18,21,23,26-28,35H,3-9,14-16,19-20H2,1-2H3,(H,38,42)/t21-,26-,27?,28-/m0/s1. The fraction of sp³-hybridized carbons (Fsp3) is 0.594. The molecule has 1 aromatic carbocycles. The number of aliphatic imine (C=N–C) groups is 2. The second-order valence-corrected chi connectivity index (χ2v) is 12.3. The molecule has 0 aromatic heterocycles. The average Bonchev–Trinajstić information content (AvgIpc) is 3.68. The molecule has 3 amide bonds. The van der Waals surface area contributed by atoms with Gasteiger partial charge in [0, 0.05) is 31.9 Å². The molecule has 1 aromatic rings. The molecule has 12 heteroatoms. The average molecular weight is 612 g/mol. The molecule has 10 nitrogen and oxygen atoms in total. The van der Waals surface area contributed by atoms with Crippen molar-refractivity contribution in [3.8, 4) is 0 Å². The van der Waals surface area contributed by atoms with E-state index in [0.717, 1.165) is 56.7 Å². The van der Waals surface area contributed by atoms with Crippen molar-refractivity contribution in [2.24, 2.45) is 15.9 Å². The summed E-state index contributed by atoms with van der Waals surface area (Å²) < 4.78 is 27.3. The van der Waals surface area contributed by atoms with Gasteiger partial charge in [-0.25, -0.2) is 18.8 Å². The van der Waals surface area contributed by atoms with Crippen molar-refractivity contribution in [3.05, 3.63) is 47.7 Å². The fourth-order valence-electron chi connectivity index (χ4n) is 6.60. The van der Waals surface area contributed by atoms with E-state index in [9.17, 15) is 23.2 Å². The number of guanidine groups is 1.